The molecule has 0 radical (unpaired) electrons. The van der Waals surface area contributed by atoms with Crippen molar-refractivity contribution in [3.05, 3.63) is 89.2 Å². The van der Waals surface area contributed by atoms with Crippen molar-refractivity contribution in [3.8, 4) is 11.1 Å². The molecule has 1 N–H and O–H groups in total. The standard InChI is InChI=1S/C22H24N2/c1-3-18-9-7-8-12-20(18)14-23-15-21-13-22(16-24-17(21)2)19-10-5-4-6-11-19/h4-13,16,23H,3,14-15H2,1-2H3. The van der Waals surface area contributed by atoms with Gasteiger partial charge in [-0.15, -0.1) is 0 Å². The zero-order chi connectivity index (χ0) is 16.8. The lowest BCUT2D eigenvalue weighted by Gasteiger charge is -2.12. The van der Waals surface area contributed by atoms with E-state index in [1.807, 2.05) is 12.3 Å². The normalized spacial score (nSPS) is 10.8. The Morgan fingerprint density at radius 1 is 0.792 bits per heavy atom. The van der Waals surface area contributed by atoms with Crippen LogP contribution in [0.25, 0.3) is 11.1 Å². The number of rotatable bonds is 6. The number of nitrogens with one attached hydrogen (secondary N) is 1. The van der Waals surface area contributed by atoms with Crippen LogP contribution in [0.5, 0.6) is 0 Å². The molecule has 0 atom stereocenters. The van der Waals surface area contributed by atoms with Gasteiger partial charge in [-0.3, -0.25) is 4.98 Å². The molecule has 1 heterocycles. The molecule has 2 aromatic carbocycles. The number of benzene rings is 2. The van der Waals surface area contributed by atoms with E-state index in [1.54, 1.807) is 0 Å². The second-order valence-electron chi connectivity index (χ2n) is 6.06. The topological polar surface area (TPSA) is 24.9 Å². The van der Waals surface area contributed by atoms with Gasteiger partial charge in [-0.2, -0.15) is 0 Å². The van der Waals surface area contributed by atoms with Gasteiger partial charge in [0, 0.05) is 30.5 Å². The molecular formula is C22H24N2. The van der Waals surface area contributed by atoms with E-state index < -0.39 is 0 Å². The van der Waals surface area contributed by atoms with E-state index >= 15 is 0 Å². The summed E-state index contributed by atoms with van der Waals surface area (Å²) >= 11 is 0. The number of hydrogen-bond donors (Lipinski definition) is 1. The lowest BCUT2D eigenvalue weighted by atomic mass is 10.0. The van der Waals surface area contributed by atoms with Crippen LogP contribution in [0, 0.1) is 6.92 Å². The van der Waals surface area contributed by atoms with E-state index in [2.05, 4.69) is 78.7 Å². The number of aryl methyl sites for hydroxylation is 2. The maximum atomic E-state index is 4.57. The van der Waals surface area contributed by atoms with Crippen molar-refractivity contribution in [2.75, 3.05) is 0 Å². The first-order valence-corrected chi connectivity index (χ1v) is 8.56. The van der Waals surface area contributed by atoms with Crippen LogP contribution < -0.4 is 5.32 Å². The summed E-state index contributed by atoms with van der Waals surface area (Å²) in [4.78, 5) is 4.57. The third-order valence-corrected chi connectivity index (χ3v) is 4.43. The first-order chi connectivity index (χ1) is 11.8. The van der Waals surface area contributed by atoms with Crippen molar-refractivity contribution in [2.24, 2.45) is 0 Å². The van der Waals surface area contributed by atoms with Gasteiger partial charge in [-0.1, -0.05) is 61.5 Å². The smallest absolute Gasteiger partial charge is 0.0418 e. The summed E-state index contributed by atoms with van der Waals surface area (Å²) in [5.74, 6) is 0. The zero-order valence-electron chi connectivity index (χ0n) is 14.4. The van der Waals surface area contributed by atoms with Gasteiger partial charge in [-0.05, 0) is 41.7 Å². The van der Waals surface area contributed by atoms with E-state index in [1.165, 1.54) is 27.8 Å². The fourth-order valence-corrected chi connectivity index (χ4v) is 2.95. The predicted molar refractivity (Wildman–Crippen MR) is 101 cm³/mol. The molecule has 0 saturated heterocycles. The van der Waals surface area contributed by atoms with Crippen LogP contribution in [0.1, 0.15) is 29.3 Å². The van der Waals surface area contributed by atoms with Gasteiger partial charge in [0.1, 0.15) is 0 Å². The molecule has 0 fully saturated rings. The van der Waals surface area contributed by atoms with Crippen molar-refractivity contribution in [1.29, 1.82) is 0 Å². The van der Waals surface area contributed by atoms with E-state index in [4.69, 9.17) is 0 Å². The highest BCUT2D eigenvalue weighted by Crippen LogP contribution is 2.20. The minimum Gasteiger partial charge on any atom is -0.309 e. The Kier molecular flexibility index (Phi) is 5.39. The fourth-order valence-electron chi connectivity index (χ4n) is 2.95. The average molecular weight is 316 g/mol. The van der Waals surface area contributed by atoms with Gasteiger partial charge in [0.15, 0.2) is 0 Å². The maximum Gasteiger partial charge on any atom is 0.0418 e. The third kappa shape index (κ3) is 3.90. The Morgan fingerprint density at radius 2 is 1.46 bits per heavy atom. The van der Waals surface area contributed by atoms with Gasteiger partial charge in [-0.25, -0.2) is 0 Å². The molecule has 2 heteroatoms. The van der Waals surface area contributed by atoms with Crippen LogP contribution in [0.2, 0.25) is 0 Å². The molecule has 0 saturated carbocycles. The number of nitrogens with zero attached hydrogens (tertiary/aromatic N) is 1. The summed E-state index contributed by atoms with van der Waals surface area (Å²) in [6.07, 6.45) is 3.03. The van der Waals surface area contributed by atoms with Crippen LogP contribution in [0.4, 0.5) is 0 Å². The summed E-state index contributed by atoms with van der Waals surface area (Å²) in [6, 6.07) is 21.3. The highest BCUT2D eigenvalue weighted by molar-refractivity contribution is 5.63. The molecule has 24 heavy (non-hydrogen) atoms. The molecule has 2 nitrogen and oxygen atoms in total. The maximum absolute atomic E-state index is 4.57. The Bertz CT molecular complexity index is 794. The quantitative estimate of drug-likeness (QED) is 0.699. The largest absolute Gasteiger partial charge is 0.309 e. The molecule has 122 valence electrons. The Morgan fingerprint density at radius 3 is 2.21 bits per heavy atom. The first-order valence-electron chi connectivity index (χ1n) is 8.56. The second kappa shape index (κ2) is 7.89. The zero-order valence-corrected chi connectivity index (χ0v) is 14.4. The van der Waals surface area contributed by atoms with Crippen molar-refractivity contribution < 1.29 is 0 Å². The molecule has 3 rings (SSSR count). The fraction of sp³-hybridized carbons (Fsp3) is 0.227. The Balaban J connectivity index is 1.71. The van der Waals surface area contributed by atoms with Crippen LogP contribution >= 0.6 is 0 Å². The average Bonchev–Trinajstić information content (AvgIpc) is 2.64. The van der Waals surface area contributed by atoms with Gasteiger partial charge in [0.25, 0.3) is 0 Å². The molecule has 3 aromatic rings. The molecule has 0 aliphatic carbocycles. The van der Waals surface area contributed by atoms with Gasteiger partial charge < -0.3 is 5.32 Å². The molecule has 0 aliphatic heterocycles. The highest BCUT2D eigenvalue weighted by atomic mass is 14.9. The predicted octanol–water partition coefficient (Wildman–Crippen LogP) is 4.91. The molecular weight excluding hydrogens is 292 g/mol. The minimum absolute atomic E-state index is 0.831. The van der Waals surface area contributed by atoms with E-state index in [-0.39, 0.29) is 0 Å². The van der Waals surface area contributed by atoms with E-state index in [9.17, 15) is 0 Å². The summed E-state index contributed by atoms with van der Waals surface area (Å²) in [7, 11) is 0. The van der Waals surface area contributed by atoms with Crippen molar-refractivity contribution in [1.82, 2.24) is 10.3 Å². The van der Waals surface area contributed by atoms with E-state index in [0.717, 1.165) is 25.2 Å². The number of pyridine rings is 1. The third-order valence-electron chi connectivity index (χ3n) is 4.43. The molecule has 0 amide bonds. The van der Waals surface area contributed by atoms with Crippen molar-refractivity contribution in [2.45, 2.75) is 33.4 Å². The van der Waals surface area contributed by atoms with Crippen LogP contribution in [0.3, 0.4) is 0 Å². The van der Waals surface area contributed by atoms with Gasteiger partial charge in [0.2, 0.25) is 0 Å². The lowest BCUT2D eigenvalue weighted by Crippen LogP contribution is -2.15. The number of aromatic nitrogens is 1. The van der Waals surface area contributed by atoms with Crippen molar-refractivity contribution >= 4 is 0 Å². The summed E-state index contributed by atoms with van der Waals surface area (Å²) < 4.78 is 0. The summed E-state index contributed by atoms with van der Waals surface area (Å²) in [5, 5.41) is 3.57. The highest BCUT2D eigenvalue weighted by Gasteiger charge is 2.05. The van der Waals surface area contributed by atoms with Gasteiger partial charge >= 0.3 is 0 Å². The summed E-state index contributed by atoms with van der Waals surface area (Å²) in [6.45, 7) is 6.00. The molecule has 0 unspecified atom stereocenters. The first kappa shape index (κ1) is 16.4. The van der Waals surface area contributed by atoms with Crippen molar-refractivity contribution in [3.63, 3.8) is 0 Å². The van der Waals surface area contributed by atoms with Crippen LogP contribution in [-0.2, 0) is 19.5 Å². The molecule has 0 aliphatic rings. The van der Waals surface area contributed by atoms with Crippen LogP contribution in [0.15, 0.2) is 66.9 Å². The lowest BCUT2D eigenvalue weighted by molar-refractivity contribution is 0.683. The Labute approximate surface area is 144 Å². The van der Waals surface area contributed by atoms with E-state index in [0.29, 0.717) is 0 Å². The Hall–Kier alpha value is -2.45. The number of hydrogen-bond acceptors (Lipinski definition) is 2. The monoisotopic (exact) mass is 316 g/mol. The molecule has 0 spiro atoms. The minimum atomic E-state index is 0.831. The second-order valence-corrected chi connectivity index (χ2v) is 6.06. The summed E-state index contributed by atoms with van der Waals surface area (Å²) in [5.41, 5.74) is 7.52. The van der Waals surface area contributed by atoms with Gasteiger partial charge in [0.05, 0.1) is 0 Å². The SMILES string of the molecule is CCc1ccccc1CNCc1cc(-c2ccccc2)cnc1C. The molecule has 1 aromatic heterocycles. The van der Waals surface area contributed by atoms with Crippen LogP contribution in [-0.4, -0.2) is 4.98 Å². The molecule has 0 bridgehead atoms.